The first kappa shape index (κ1) is 50.7. The lowest BCUT2D eigenvalue weighted by Gasteiger charge is -2.35. The van der Waals surface area contributed by atoms with Crippen LogP contribution in [0.3, 0.4) is 0 Å². The van der Waals surface area contributed by atoms with E-state index in [1.165, 1.54) is 93.6 Å². The van der Waals surface area contributed by atoms with Gasteiger partial charge in [-0.05, 0) is 105 Å². The summed E-state index contributed by atoms with van der Waals surface area (Å²) in [6.45, 7) is 3.00. The molecule has 0 atom stereocenters. The number of thioether (sulfide) groups is 6. The smallest absolute Gasteiger partial charge is 0.0906 e. The fourth-order valence-corrected chi connectivity index (χ4v) is 14.9. The molecule has 0 aliphatic carbocycles. The Bertz CT molecular complexity index is 1700. The van der Waals surface area contributed by atoms with E-state index in [1.54, 1.807) is 0 Å². The maximum absolute atomic E-state index is 5.85. The summed E-state index contributed by atoms with van der Waals surface area (Å²) in [5.41, 5.74) is 8.06. The van der Waals surface area contributed by atoms with E-state index in [0.29, 0.717) is 13.2 Å². The number of hydrogen-bond donors (Lipinski definition) is 0. The molecular weight excluding hydrogens is 897 g/mol. The van der Waals surface area contributed by atoms with Crippen LogP contribution < -0.4 is 0 Å². The highest BCUT2D eigenvalue weighted by molar-refractivity contribution is 8.01. The van der Waals surface area contributed by atoms with Gasteiger partial charge in [0.1, 0.15) is 0 Å². The Labute approximate surface area is 411 Å². The van der Waals surface area contributed by atoms with E-state index in [-0.39, 0.29) is 9.49 Å². The third-order valence-electron chi connectivity index (χ3n) is 10.9. The first-order valence-corrected chi connectivity index (χ1v) is 29.5. The van der Waals surface area contributed by atoms with Crippen LogP contribution in [-0.2, 0) is 19.0 Å². The molecule has 0 saturated carbocycles. The molecule has 0 N–H and O–H groups in total. The van der Waals surface area contributed by atoms with Gasteiger partial charge in [0.25, 0.3) is 0 Å². The van der Waals surface area contributed by atoms with E-state index in [9.17, 15) is 0 Å². The summed E-state index contributed by atoms with van der Waals surface area (Å²) in [4.78, 5) is 0. The molecule has 0 unspecified atom stereocenters. The first-order valence-electron chi connectivity index (χ1n) is 22.9. The van der Waals surface area contributed by atoms with Gasteiger partial charge in [0, 0.05) is 11.5 Å². The Morgan fingerprint density at radius 2 is 0.469 bits per heavy atom. The molecule has 0 heterocycles. The summed E-state index contributed by atoms with van der Waals surface area (Å²) in [6.07, 6.45) is 4.91. The average Bonchev–Trinajstić information content (AvgIpc) is 3.37. The van der Waals surface area contributed by atoms with Gasteiger partial charge in [-0.1, -0.05) is 182 Å². The molecule has 8 heteroatoms. The molecule has 0 bridgehead atoms. The van der Waals surface area contributed by atoms with Crippen molar-refractivity contribution < 1.29 is 9.47 Å². The Kier molecular flexibility index (Phi) is 24.3. The van der Waals surface area contributed by atoms with E-state index >= 15 is 0 Å². The predicted molar refractivity (Wildman–Crippen MR) is 293 cm³/mol. The van der Waals surface area contributed by atoms with Crippen molar-refractivity contribution >= 4 is 70.6 Å². The minimum absolute atomic E-state index is 0.217. The molecule has 0 aliphatic heterocycles. The molecule has 0 fully saturated rings. The van der Waals surface area contributed by atoms with Crippen molar-refractivity contribution in [1.82, 2.24) is 0 Å². The van der Waals surface area contributed by atoms with Crippen LogP contribution in [0.1, 0.15) is 59.1 Å². The average molecular weight is 964 g/mol. The van der Waals surface area contributed by atoms with Gasteiger partial charge in [-0.25, -0.2) is 0 Å². The van der Waals surface area contributed by atoms with Crippen LogP contribution in [0.25, 0.3) is 0 Å². The summed E-state index contributed by atoms with van der Waals surface area (Å²) >= 11 is 12.4. The van der Waals surface area contributed by atoms with Crippen molar-refractivity contribution in [2.75, 3.05) is 84.0 Å². The molecule has 0 aliphatic rings. The summed E-state index contributed by atoms with van der Waals surface area (Å²) in [5, 5.41) is 0. The maximum atomic E-state index is 5.85. The number of rotatable bonds is 33. The zero-order valence-corrected chi connectivity index (χ0v) is 42.2. The Balaban J connectivity index is 0.729. The normalized spacial score (nSPS) is 11.8. The summed E-state index contributed by atoms with van der Waals surface area (Å²) in [7, 11) is 0. The van der Waals surface area contributed by atoms with E-state index in [0.717, 1.165) is 36.2 Å². The van der Waals surface area contributed by atoms with Gasteiger partial charge >= 0.3 is 0 Å². The van der Waals surface area contributed by atoms with Gasteiger partial charge in [-0.15, -0.1) is 23.5 Å². The summed E-state index contributed by atoms with van der Waals surface area (Å²) in [5.74, 6) is 11.6. The van der Waals surface area contributed by atoms with Crippen LogP contribution in [0.2, 0.25) is 0 Å². The molecule has 0 spiro atoms. The molecule has 2 nitrogen and oxygen atoms in total. The fraction of sp³-hybridized carbons (Fsp3) is 0.357. The minimum atomic E-state index is -0.217. The van der Waals surface area contributed by atoms with Crippen molar-refractivity contribution in [1.29, 1.82) is 0 Å². The van der Waals surface area contributed by atoms with Crippen LogP contribution >= 0.6 is 70.6 Å². The largest absolute Gasteiger partial charge is 0.378 e. The van der Waals surface area contributed by atoms with E-state index in [2.05, 4.69) is 229 Å². The molecule has 6 rings (SSSR count). The van der Waals surface area contributed by atoms with Gasteiger partial charge in [-0.3, -0.25) is 0 Å². The second kappa shape index (κ2) is 30.6. The lowest BCUT2D eigenvalue weighted by molar-refractivity contribution is 0.0605. The molecule has 6 aromatic carbocycles. The van der Waals surface area contributed by atoms with Crippen LogP contribution in [0.4, 0.5) is 0 Å². The SMILES string of the molecule is c1ccc(C(SCCCSCCCSCCOCCOCCSCCCSCCCSC(c2ccccc2)(c2ccccc2)c2ccccc2)(c2ccccc2)c2ccccc2)cc1. The minimum Gasteiger partial charge on any atom is -0.378 e. The lowest BCUT2D eigenvalue weighted by Crippen LogP contribution is -2.26. The van der Waals surface area contributed by atoms with E-state index < -0.39 is 0 Å². The van der Waals surface area contributed by atoms with Gasteiger partial charge in [0.05, 0.1) is 35.9 Å². The van der Waals surface area contributed by atoms with Crippen molar-refractivity contribution in [3.63, 3.8) is 0 Å². The standard InChI is InChI=1S/C56H66O2S6/c1-7-23-49(24-8-1)55(50-25-9-2-10-26-50,51-27-11-3-12-28-51)63-45-21-43-59-39-19-41-61-47-37-57-35-36-58-38-48-62-42-20-40-60-44-22-46-64-56(52-29-13-4-14-30-52,53-31-15-5-16-32-53)54-33-17-6-18-34-54/h1-18,23-34H,19-22,35-48H2. The van der Waals surface area contributed by atoms with E-state index in [1.807, 2.05) is 23.5 Å². The lowest BCUT2D eigenvalue weighted by atomic mass is 9.84. The van der Waals surface area contributed by atoms with Gasteiger partial charge in [0.2, 0.25) is 0 Å². The van der Waals surface area contributed by atoms with Crippen molar-refractivity contribution in [2.24, 2.45) is 0 Å². The second-order valence-electron chi connectivity index (χ2n) is 15.3. The summed E-state index contributed by atoms with van der Waals surface area (Å²) < 4.78 is 11.3. The molecule has 0 amide bonds. The topological polar surface area (TPSA) is 18.5 Å². The Hall–Kier alpha value is -2.66. The van der Waals surface area contributed by atoms with Crippen molar-refractivity contribution in [2.45, 2.75) is 35.2 Å². The third-order valence-corrected chi connectivity index (χ3v) is 18.5. The van der Waals surface area contributed by atoms with Gasteiger partial charge < -0.3 is 9.47 Å². The molecule has 0 saturated heterocycles. The summed E-state index contributed by atoms with van der Waals surface area (Å²) in [6, 6.07) is 66.3. The Morgan fingerprint density at radius 3 is 0.719 bits per heavy atom. The van der Waals surface area contributed by atoms with Gasteiger partial charge in [-0.2, -0.15) is 47.0 Å². The molecular formula is C56H66O2S6. The number of ether oxygens (including phenoxy) is 2. The van der Waals surface area contributed by atoms with E-state index in [4.69, 9.17) is 9.47 Å². The highest BCUT2D eigenvalue weighted by Crippen LogP contribution is 2.50. The zero-order chi connectivity index (χ0) is 44.1. The molecule has 0 aromatic heterocycles. The number of hydrogen-bond acceptors (Lipinski definition) is 8. The molecule has 6 aromatic rings. The van der Waals surface area contributed by atoms with Crippen LogP contribution in [0.15, 0.2) is 182 Å². The monoisotopic (exact) mass is 962 g/mol. The fourth-order valence-electron chi connectivity index (χ4n) is 7.80. The highest BCUT2D eigenvalue weighted by Gasteiger charge is 2.37. The van der Waals surface area contributed by atoms with Crippen LogP contribution in [-0.4, -0.2) is 84.0 Å². The molecule has 0 radical (unpaired) electrons. The second-order valence-corrected chi connectivity index (χ2v) is 22.9. The predicted octanol–water partition coefficient (Wildman–Crippen LogP) is 15.0. The maximum Gasteiger partial charge on any atom is 0.0906 e. The number of benzene rings is 6. The van der Waals surface area contributed by atoms with Crippen molar-refractivity contribution in [3.8, 4) is 0 Å². The zero-order valence-electron chi connectivity index (χ0n) is 37.3. The molecule has 64 heavy (non-hydrogen) atoms. The van der Waals surface area contributed by atoms with Crippen LogP contribution in [0, 0.1) is 0 Å². The Morgan fingerprint density at radius 1 is 0.250 bits per heavy atom. The van der Waals surface area contributed by atoms with Gasteiger partial charge in [0.15, 0.2) is 0 Å². The molecule has 338 valence electrons. The third kappa shape index (κ3) is 16.0. The van der Waals surface area contributed by atoms with Crippen LogP contribution in [0.5, 0.6) is 0 Å². The van der Waals surface area contributed by atoms with Crippen molar-refractivity contribution in [3.05, 3.63) is 215 Å². The quantitative estimate of drug-likeness (QED) is 0.0296. The highest BCUT2D eigenvalue weighted by atomic mass is 32.2. The first-order chi connectivity index (χ1) is 31.8.